The van der Waals surface area contributed by atoms with Crippen LogP contribution in [0.1, 0.15) is 21.5 Å². The second kappa shape index (κ2) is 9.60. The van der Waals surface area contributed by atoms with Gasteiger partial charge in [0, 0.05) is 23.6 Å². The largest absolute Gasteiger partial charge is 0.493 e. The van der Waals surface area contributed by atoms with Crippen LogP contribution < -0.4 is 14.8 Å². The maximum Gasteiger partial charge on any atom is 0.251 e. The number of amides is 1. The van der Waals surface area contributed by atoms with Gasteiger partial charge in [-0.3, -0.25) is 4.79 Å². The molecule has 0 bridgehead atoms. The predicted octanol–water partition coefficient (Wildman–Crippen LogP) is 3.24. The fourth-order valence-electron chi connectivity index (χ4n) is 2.25. The molecule has 0 saturated heterocycles. The Hall–Kier alpha value is -2.65. The van der Waals surface area contributed by atoms with Crippen LogP contribution in [-0.2, 0) is 5.75 Å². The van der Waals surface area contributed by atoms with Crippen LogP contribution in [0.15, 0.2) is 42.5 Å². The van der Waals surface area contributed by atoms with E-state index in [2.05, 4.69) is 11.4 Å². The first-order chi connectivity index (χ1) is 12.2. The normalized spacial score (nSPS) is 9.96. The van der Waals surface area contributed by atoms with Gasteiger partial charge in [-0.05, 0) is 29.8 Å². The van der Waals surface area contributed by atoms with E-state index in [1.165, 1.54) is 7.11 Å². The minimum atomic E-state index is -0.154. The number of thioether (sulfide) groups is 1. The molecule has 0 saturated carbocycles. The zero-order valence-corrected chi connectivity index (χ0v) is 15.1. The fourth-order valence-corrected chi connectivity index (χ4v) is 3.12. The van der Waals surface area contributed by atoms with Crippen molar-refractivity contribution in [2.24, 2.45) is 0 Å². The number of carbonyl (C=O) groups excluding carboxylic acids is 1. The summed E-state index contributed by atoms with van der Waals surface area (Å²) in [5, 5.41) is 11.9. The molecule has 0 aliphatic carbocycles. The molecule has 0 radical (unpaired) electrons. The van der Waals surface area contributed by atoms with E-state index in [9.17, 15) is 4.79 Å². The lowest BCUT2D eigenvalue weighted by molar-refractivity contribution is 0.0956. The molecule has 0 fully saturated rings. The lowest BCUT2D eigenvalue weighted by Crippen LogP contribution is -2.25. The first-order valence-corrected chi connectivity index (χ1v) is 8.91. The van der Waals surface area contributed by atoms with Gasteiger partial charge >= 0.3 is 0 Å². The number of nitrogens with zero attached hydrogens (tertiary/aromatic N) is 1. The SMILES string of the molecule is COc1ccc(C(=O)NCCSCc2ccccc2C#N)cc1OC. The number of ether oxygens (including phenoxy) is 2. The van der Waals surface area contributed by atoms with Crippen molar-refractivity contribution in [3.63, 3.8) is 0 Å². The molecule has 5 nitrogen and oxygen atoms in total. The van der Waals surface area contributed by atoms with Crippen molar-refractivity contribution in [3.05, 3.63) is 59.2 Å². The highest BCUT2D eigenvalue weighted by Gasteiger charge is 2.10. The minimum absolute atomic E-state index is 0.154. The number of hydrogen-bond donors (Lipinski definition) is 1. The standard InChI is InChI=1S/C19H20N2O3S/c1-23-17-8-7-14(11-18(17)24-2)19(22)21-9-10-25-13-16-6-4-3-5-15(16)12-20/h3-8,11H,9-10,13H2,1-2H3,(H,21,22). The minimum Gasteiger partial charge on any atom is -0.493 e. The van der Waals surface area contributed by atoms with Crippen LogP contribution >= 0.6 is 11.8 Å². The summed E-state index contributed by atoms with van der Waals surface area (Å²) in [5.41, 5.74) is 2.24. The maximum atomic E-state index is 12.2. The van der Waals surface area contributed by atoms with Crippen LogP contribution in [0.2, 0.25) is 0 Å². The molecule has 0 aromatic heterocycles. The summed E-state index contributed by atoms with van der Waals surface area (Å²) >= 11 is 1.68. The first-order valence-electron chi connectivity index (χ1n) is 7.75. The van der Waals surface area contributed by atoms with E-state index in [4.69, 9.17) is 14.7 Å². The summed E-state index contributed by atoms with van der Waals surface area (Å²) < 4.78 is 10.4. The van der Waals surface area contributed by atoms with Gasteiger partial charge in [-0.15, -0.1) is 0 Å². The van der Waals surface area contributed by atoms with E-state index < -0.39 is 0 Å². The molecule has 6 heteroatoms. The van der Waals surface area contributed by atoms with E-state index in [1.807, 2.05) is 24.3 Å². The van der Waals surface area contributed by atoms with Gasteiger partial charge in [0.2, 0.25) is 0 Å². The van der Waals surface area contributed by atoms with Gasteiger partial charge in [-0.1, -0.05) is 18.2 Å². The molecule has 2 aromatic carbocycles. The van der Waals surface area contributed by atoms with Gasteiger partial charge in [0.1, 0.15) is 0 Å². The summed E-state index contributed by atoms with van der Waals surface area (Å²) in [4.78, 5) is 12.2. The molecule has 0 spiro atoms. The number of methoxy groups -OCH3 is 2. The number of nitriles is 1. The van der Waals surface area contributed by atoms with Crippen LogP contribution in [0.3, 0.4) is 0 Å². The monoisotopic (exact) mass is 356 g/mol. The molecule has 2 aromatic rings. The van der Waals surface area contributed by atoms with Crippen LogP contribution in [0.25, 0.3) is 0 Å². The van der Waals surface area contributed by atoms with Crippen molar-refractivity contribution in [1.29, 1.82) is 5.26 Å². The van der Waals surface area contributed by atoms with Crippen molar-refractivity contribution in [3.8, 4) is 17.6 Å². The molecule has 0 unspecified atom stereocenters. The lowest BCUT2D eigenvalue weighted by Gasteiger charge is -2.10. The molecular weight excluding hydrogens is 336 g/mol. The smallest absolute Gasteiger partial charge is 0.251 e. The molecule has 0 atom stereocenters. The van der Waals surface area contributed by atoms with Gasteiger partial charge in [-0.25, -0.2) is 0 Å². The summed E-state index contributed by atoms with van der Waals surface area (Å²) in [6, 6.07) is 14.8. The van der Waals surface area contributed by atoms with Crippen molar-refractivity contribution in [1.82, 2.24) is 5.32 Å². The molecule has 25 heavy (non-hydrogen) atoms. The van der Waals surface area contributed by atoms with E-state index in [0.717, 1.165) is 17.1 Å². The second-order valence-electron chi connectivity index (χ2n) is 5.15. The molecule has 0 aliphatic rings. The van der Waals surface area contributed by atoms with Crippen molar-refractivity contribution in [2.75, 3.05) is 26.5 Å². The quantitative estimate of drug-likeness (QED) is 0.735. The Balaban J connectivity index is 1.80. The molecule has 0 heterocycles. The summed E-state index contributed by atoms with van der Waals surface area (Å²) in [7, 11) is 3.09. The van der Waals surface area contributed by atoms with E-state index in [-0.39, 0.29) is 5.91 Å². The second-order valence-corrected chi connectivity index (χ2v) is 6.25. The van der Waals surface area contributed by atoms with Crippen LogP contribution in [0, 0.1) is 11.3 Å². The molecule has 2 rings (SSSR count). The van der Waals surface area contributed by atoms with E-state index in [1.54, 1.807) is 37.1 Å². The lowest BCUT2D eigenvalue weighted by atomic mass is 10.1. The molecular formula is C19H20N2O3S. The van der Waals surface area contributed by atoms with Gasteiger partial charge < -0.3 is 14.8 Å². The van der Waals surface area contributed by atoms with Crippen molar-refractivity contribution >= 4 is 17.7 Å². The number of nitrogens with one attached hydrogen (secondary N) is 1. The summed E-state index contributed by atoms with van der Waals surface area (Å²) in [6.07, 6.45) is 0. The topological polar surface area (TPSA) is 71.3 Å². The highest BCUT2D eigenvalue weighted by Crippen LogP contribution is 2.27. The Morgan fingerprint density at radius 2 is 1.92 bits per heavy atom. The van der Waals surface area contributed by atoms with E-state index >= 15 is 0 Å². The average Bonchev–Trinajstić information content (AvgIpc) is 2.67. The third-order valence-electron chi connectivity index (χ3n) is 3.57. The summed E-state index contributed by atoms with van der Waals surface area (Å²) in [6.45, 7) is 0.548. The Kier molecular flexibility index (Phi) is 7.17. The number of carbonyl (C=O) groups is 1. The Morgan fingerprint density at radius 3 is 2.64 bits per heavy atom. The van der Waals surface area contributed by atoms with Crippen LogP contribution in [0.4, 0.5) is 0 Å². The summed E-state index contributed by atoms with van der Waals surface area (Å²) in [5.74, 6) is 2.47. The zero-order chi connectivity index (χ0) is 18.1. The van der Waals surface area contributed by atoms with Crippen LogP contribution in [-0.4, -0.2) is 32.4 Å². The third kappa shape index (κ3) is 5.16. The third-order valence-corrected chi connectivity index (χ3v) is 4.58. The van der Waals surface area contributed by atoms with Gasteiger partial charge in [0.05, 0.1) is 25.9 Å². The molecule has 1 amide bonds. The Labute approximate surface area is 151 Å². The first kappa shape index (κ1) is 18.7. The average molecular weight is 356 g/mol. The Morgan fingerprint density at radius 1 is 1.16 bits per heavy atom. The molecule has 0 aliphatic heterocycles. The highest BCUT2D eigenvalue weighted by atomic mass is 32.2. The predicted molar refractivity (Wildman–Crippen MR) is 99.2 cm³/mol. The number of benzene rings is 2. The zero-order valence-electron chi connectivity index (χ0n) is 14.2. The van der Waals surface area contributed by atoms with E-state index in [0.29, 0.717) is 29.2 Å². The van der Waals surface area contributed by atoms with Gasteiger partial charge in [-0.2, -0.15) is 17.0 Å². The number of rotatable bonds is 8. The van der Waals surface area contributed by atoms with Crippen molar-refractivity contribution in [2.45, 2.75) is 5.75 Å². The van der Waals surface area contributed by atoms with Crippen LogP contribution in [0.5, 0.6) is 11.5 Å². The molecule has 1 N–H and O–H groups in total. The highest BCUT2D eigenvalue weighted by molar-refractivity contribution is 7.98. The molecule has 130 valence electrons. The number of hydrogen-bond acceptors (Lipinski definition) is 5. The fraction of sp³-hybridized carbons (Fsp3) is 0.263. The Bertz CT molecular complexity index is 772. The van der Waals surface area contributed by atoms with Crippen molar-refractivity contribution < 1.29 is 14.3 Å². The maximum absolute atomic E-state index is 12.2. The van der Waals surface area contributed by atoms with Gasteiger partial charge in [0.15, 0.2) is 11.5 Å². The van der Waals surface area contributed by atoms with Gasteiger partial charge in [0.25, 0.3) is 5.91 Å².